The minimum atomic E-state index is -4.07. The van der Waals surface area contributed by atoms with Crippen molar-refractivity contribution >= 4 is 67.2 Å². The van der Waals surface area contributed by atoms with Crippen LogP contribution < -0.4 is 10.0 Å². The van der Waals surface area contributed by atoms with Crippen LogP contribution in [0.2, 0.25) is 5.02 Å². The first-order valence-electron chi connectivity index (χ1n) is 7.17. The molecule has 0 radical (unpaired) electrons. The number of benzene rings is 2. The lowest BCUT2D eigenvalue weighted by atomic mass is 10.2. The number of carbonyl (C=O) groups is 1. The van der Waals surface area contributed by atoms with E-state index in [9.17, 15) is 22.0 Å². The average Bonchev–Trinajstić information content (AvgIpc) is 2.53. The van der Waals surface area contributed by atoms with Crippen molar-refractivity contribution in [3.8, 4) is 0 Å². The second kappa shape index (κ2) is 7.25. The Labute approximate surface area is 166 Å². The fourth-order valence-corrected chi connectivity index (χ4v) is 4.31. The lowest BCUT2D eigenvalue weighted by molar-refractivity contribution is -0.125. The third-order valence-corrected chi connectivity index (χ3v) is 5.97. The molecular formula is C15H11ClF2IN3O3S. The highest BCUT2D eigenvalue weighted by Gasteiger charge is 2.35. The highest BCUT2D eigenvalue weighted by Crippen LogP contribution is 2.34. The summed E-state index contributed by atoms with van der Waals surface area (Å²) in [6.45, 7) is -0.518. The predicted octanol–water partition coefficient (Wildman–Crippen LogP) is 3.51. The molecule has 1 aliphatic heterocycles. The van der Waals surface area contributed by atoms with E-state index in [4.69, 9.17) is 11.6 Å². The molecule has 3 rings (SSSR count). The van der Waals surface area contributed by atoms with Crippen LogP contribution in [0.1, 0.15) is 0 Å². The zero-order valence-electron chi connectivity index (χ0n) is 12.9. The van der Waals surface area contributed by atoms with Crippen LogP contribution in [0.3, 0.4) is 0 Å². The Hall–Kier alpha value is -1.50. The first kappa shape index (κ1) is 19.3. The van der Waals surface area contributed by atoms with Gasteiger partial charge in [0.05, 0.1) is 29.5 Å². The van der Waals surface area contributed by atoms with Crippen LogP contribution >= 0.6 is 34.2 Å². The molecule has 0 saturated carbocycles. The van der Waals surface area contributed by atoms with Crippen LogP contribution in [0.5, 0.6) is 0 Å². The van der Waals surface area contributed by atoms with Gasteiger partial charge < -0.3 is 5.32 Å². The summed E-state index contributed by atoms with van der Waals surface area (Å²) in [7, 11) is -4.07. The predicted molar refractivity (Wildman–Crippen MR) is 103 cm³/mol. The molecule has 1 saturated heterocycles. The highest BCUT2D eigenvalue weighted by atomic mass is 127. The number of rotatable bonds is 5. The van der Waals surface area contributed by atoms with E-state index >= 15 is 0 Å². The molecule has 0 amide bonds. The molecule has 138 valence electrons. The van der Waals surface area contributed by atoms with Gasteiger partial charge in [0.15, 0.2) is 17.4 Å². The minimum Gasteiger partial charge on any atom is -0.350 e. The van der Waals surface area contributed by atoms with Crippen LogP contribution in [0.15, 0.2) is 30.3 Å². The van der Waals surface area contributed by atoms with E-state index in [0.717, 1.165) is 20.0 Å². The standard InChI is InChI=1S/C15H11ClF2IN3O3S/c16-10-5-8(19)1-3-12(10)20-15-13(4-2-11(17)14(15)18)21-26(24,25)22-6-9(23)7-22/h1-5,20-21H,6-7H2. The quantitative estimate of drug-likeness (QED) is 0.600. The fraction of sp³-hybridized carbons (Fsp3) is 0.133. The topological polar surface area (TPSA) is 78.5 Å². The molecule has 0 bridgehead atoms. The Morgan fingerprint density at radius 3 is 2.38 bits per heavy atom. The zero-order valence-corrected chi connectivity index (χ0v) is 16.6. The van der Waals surface area contributed by atoms with Crippen molar-refractivity contribution in [2.75, 3.05) is 23.1 Å². The van der Waals surface area contributed by atoms with Crippen molar-refractivity contribution in [3.63, 3.8) is 0 Å². The van der Waals surface area contributed by atoms with E-state index in [-0.39, 0.29) is 35.3 Å². The summed E-state index contributed by atoms with van der Waals surface area (Å²) in [5.74, 6) is -2.65. The maximum Gasteiger partial charge on any atom is 0.302 e. The first-order valence-corrected chi connectivity index (χ1v) is 10.1. The summed E-state index contributed by atoms with van der Waals surface area (Å²) in [6, 6.07) is 6.75. The molecule has 6 nitrogen and oxygen atoms in total. The van der Waals surface area contributed by atoms with E-state index in [2.05, 4.69) is 10.0 Å². The van der Waals surface area contributed by atoms with Crippen LogP contribution in [-0.4, -0.2) is 31.6 Å². The molecular weight excluding hydrogens is 503 g/mol. The molecule has 0 aromatic heterocycles. The van der Waals surface area contributed by atoms with Gasteiger partial charge in [-0.15, -0.1) is 0 Å². The van der Waals surface area contributed by atoms with Gasteiger partial charge in [0.1, 0.15) is 5.69 Å². The molecule has 11 heteroatoms. The number of hydrogen-bond acceptors (Lipinski definition) is 4. The molecule has 2 N–H and O–H groups in total. The average molecular weight is 514 g/mol. The van der Waals surface area contributed by atoms with Crippen LogP contribution in [0.25, 0.3) is 0 Å². The lowest BCUT2D eigenvalue weighted by Crippen LogP contribution is -2.52. The Kier molecular flexibility index (Phi) is 5.37. The van der Waals surface area contributed by atoms with Gasteiger partial charge in [-0.2, -0.15) is 12.7 Å². The van der Waals surface area contributed by atoms with Gasteiger partial charge in [0.2, 0.25) is 0 Å². The van der Waals surface area contributed by atoms with Crippen molar-refractivity contribution in [1.29, 1.82) is 0 Å². The van der Waals surface area contributed by atoms with Gasteiger partial charge in [-0.05, 0) is 52.9 Å². The molecule has 26 heavy (non-hydrogen) atoms. The van der Waals surface area contributed by atoms with Gasteiger partial charge in [-0.3, -0.25) is 9.52 Å². The molecule has 1 aliphatic rings. The molecule has 0 atom stereocenters. The maximum absolute atomic E-state index is 14.3. The highest BCUT2D eigenvalue weighted by molar-refractivity contribution is 14.1. The summed E-state index contributed by atoms with van der Waals surface area (Å²) in [4.78, 5) is 11.0. The second-order valence-corrected chi connectivity index (χ2v) is 8.77. The number of ketones is 1. The molecule has 2 aromatic carbocycles. The number of carbonyl (C=O) groups excluding carboxylic acids is 1. The maximum atomic E-state index is 14.3. The summed E-state index contributed by atoms with van der Waals surface area (Å²) < 4.78 is 56.3. The number of nitrogens with one attached hydrogen (secondary N) is 2. The number of nitrogens with zero attached hydrogens (tertiary/aromatic N) is 1. The third kappa shape index (κ3) is 3.92. The van der Waals surface area contributed by atoms with Crippen molar-refractivity contribution in [1.82, 2.24) is 4.31 Å². The van der Waals surface area contributed by atoms with Crippen molar-refractivity contribution in [2.24, 2.45) is 0 Å². The van der Waals surface area contributed by atoms with E-state index in [1.54, 1.807) is 18.2 Å². The molecule has 1 fully saturated rings. The SMILES string of the molecule is O=C1CN(S(=O)(=O)Nc2ccc(F)c(F)c2Nc2ccc(I)cc2Cl)C1. The Morgan fingerprint density at radius 1 is 1.12 bits per heavy atom. The summed E-state index contributed by atoms with van der Waals surface area (Å²) in [5, 5.41) is 2.87. The third-order valence-electron chi connectivity index (χ3n) is 3.57. The Bertz CT molecular complexity index is 996. The second-order valence-electron chi connectivity index (χ2n) is 5.45. The van der Waals surface area contributed by atoms with Crippen molar-refractivity contribution in [3.05, 3.63) is 50.6 Å². The van der Waals surface area contributed by atoms with E-state index in [0.29, 0.717) is 0 Å². The van der Waals surface area contributed by atoms with E-state index in [1.165, 1.54) is 0 Å². The Morgan fingerprint density at radius 2 is 1.77 bits per heavy atom. The van der Waals surface area contributed by atoms with E-state index < -0.39 is 27.5 Å². The van der Waals surface area contributed by atoms with Gasteiger partial charge in [-0.25, -0.2) is 8.78 Å². The van der Waals surface area contributed by atoms with Crippen LogP contribution in [0, 0.1) is 15.2 Å². The van der Waals surface area contributed by atoms with Crippen molar-refractivity contribution < 1.29 is 22.0 Å². The molecule has 0 aliphatic carbocycles. The van der Waals surface area contributed by atoms with Crippen molar-refractivity contribution in [2.45, 2.75) is 0 Å². The van der Waals surface area contributed by atoms with Gasteiger partial charge in [-0.1, -0.05) is 11.6 Å². The van der Waals surface area contributed by atoms with Gasteiger partial charge in [0, 0.05) is 3.57 Å². The smallest absolute Gasteiger partial charge is 0.302 e. The fourth-order valence-electron chi connectivity index (χ4n) is 2.20. The van der Waals surface area contributed by atoms with Crippen LogP contribution in [-0.2, 0) is 15.0 Å². The van der Waals surface area contributed by atoms with E-state index in [1.807, 2.05) is 22.6 Å². The summed E-state index contributed by atoms with van der Waals surface area (Å²) in [5.41, 5.74) is -0.349. The van der Waals surface area contributed by atoms with Crippen LogP contribution in [0.4, 0.5) is 25.8 Å². The molecule has 2 aromatic rings. The monoisotopic (exact) mass is 513 g/mol. The molecule has 0 unspecified atom stereocenters. The molecule has 1 heterocycles. The minimum absolute atomic E-state index is 0.210. The van der Waals surface area contributed by atoms with Gasteiger partial charge in [0.25, 0.3) is 0 Å². The molecule has 0 spiro atoms. The number of Topliss-reactive ketones (excluding diaryl/α,β-unsaturated/α-hetero) is 1. The summed E-state index contributed by atoms with van der Waals surface area (Å²) >= 11 is 8.13. The van der Waals surface area contributed by atoms with Gasteiger partial charge >= 0.3 is 10.2 Å². The lowest BCUT2D eigenvalue weighted by Gasteiger charge is -2.29. The Balaban J connectivity index is 1.96. The first-order chi connectivity index (χ1) is 12.2. The summed E-state index contributed by atoms with van der Waals surface area (Å²) in [6.07, 6.45) is 0. The normalized spacial score (nSPS) is 14.8. The zero-order chi connectivity index (χ0) is 19.1. The number of hydrogen-bond donors (Lipinski definition) is 2. The largest absolute Gasteiger partial charge is 0.350 e. The number of anilines is 3. The number of halogens is 4.